The molecule has 0 unspecified atom stereocenters. The summed E-state index contributed by atoms with van der Waals surface area (Å²) in [6.07, 6.45) is 1.62. The van der Waals surface area contributed by atoms with Crippen molar-refractivity contribution in [3.8, 4) is 0 Å². The van der Waals surface area contributed by atoms with Gasteiger partial charge in [-0.1, -0.05) is 64.5 Å². The molecule has 2 spiro atoms. The molecular formula is C29H24BrN3O3. The zero-order valence-electron chi connectivity index (χ0n) is 19.7. The minimum Gasteiger partial charge on any atom is -0.325 e. The molecule has 2 N–H and O–H groups in total. The van der Waals surface area contributed by atoms with Crippen molar-refractivity contribution in [2.24, 2.45) is 5.92 Å². The zero-order valence-corrected chi connectivity index (χ0v) is 21.3. The molecule has 4 heterocycles. The van der Waals surface area contributed by atoms with Crippen LogP contribution < -0.4 is 10.6 Å². The second-order valence-electron chi connectivity index (χ2n) is 10.2. The Morgan fingerprint density at radius 3 is 2.50 bits per heavy atom. The predicted molar refractivity (Wildman–Crippen MR) is 140 cm³/mol. The molecule has 0 aliphatic carbocycles. The van der Waals surface area contributed by atoms with E-state index in [0.29, 0.717) is 17.8 Å². The number of amides is 2. The molecule has 0 saturated carbocycles. The molecule has 7 heteroatoms. The topological polar surface area (TPSA) is 78.5 Å². The van der Waals surface area contributed by atoms with Gasteiger partial charge in [-0.3, -0.25) is 19.3 Å². The zero-order chi connectivity index (χ0) is 24.8. The molecule has 2 fully saturated rings. The number of nitrogens with zero attached hydrogens (tertiary/aromatic N) is 1. The molecule has 36 heavy (non-hydrogen) atoms. The van der Waals surface area contributed by atoms with Crippen LogP contribution >= 0.6 is 15.9 Å². The Balaban J connectivity index is 1.59. The average Bonchev–Trinajstić information content (AvgIpc) is 3.59. The standard InChI is InChI=1S/C29H24BrN3O3/c1-16-6-4-8-20-24(16)32-27(36)29(20)28(19-7-2-3-9-21(19)31-26(28)35)23(22-10-5-15-33(22)29)25(34)17-11-13-18(30)14-12-17/h2-4,6-9,11-14,22-23H,5,10,15H2,1H3,(H,31,35)(H,32,36)/t22-,23-,28+,29+/m0/s1. The Kier molecular flexibility index (Phi) is 4.49. The van der Waals surface area contributed by atoms with Gasteiger partial charge >= 0.3 is 0 Å². The van der Waals surface area contributed by atoms with Gasteiger partial charge in [0.15, 0.2) is 5.78 Å². The highest BCUT2D eigenvalue weighted by atomic mass is 79.9. The van der Waals surface area contributed by atoms with E-state index >= 15 is 0 Å². The summed E-state index contributed by atoms with van der Waals surface area (Å²) in [6, 6.07) is 20.5. The van der Waals surface area contributed by atoms with E-state index in [4.69, 9.17) is 0 Å². The van der Waals surface area contributed by atoms with Crippen LogP contribution in [-0.4, -0.2) is 35.1 Å². The number of rotatable bonds is 2. The predicted octanol–water partition coefficient (Wildman–Crippen LogP) is 4.77. The van der Waals surface area contributed by atoms with Crippen molar-refractivity contribution in [3.63, 3.8) is 0 Å². The molecule has 4 aliphatic heterocycles. The third-order valence-electron chi connectivity index (χ3n) is 8.75. The summed E-state index contributed by atoms with van der Waals surface area (Å²) in [4.78, 5) is 45.4. The SMILES string of the molecule is Cc1cccc2c1NC(=O)[C@]21N2CCC[C@H]2[C@@H](C(=O)c2ccc(Br)cc2)[C@]12C(=O)Nc1ccccc12. The first-order valence-electron chi connectivity index (χ1n) is 12.3. The lowest BCUT2D eigenvalue weighted by molar-refractivity contribution is -0.137. The third kappa shape index (κ3) is 2.38. The molecule has 2 saturated heterocycles. The normalized spacial score (nSPS) is 29.8. The number of hydrogen-bond acceptors (Lipinski definition) is 4. The van der Waals surface area contributed by atoms with E-state index in [9.17, 15) is 14.4 Å². The Morgan fingerprint density at radius 2 is 1.69 bits per heavy atom. The highest BCUT2D eigenvalue weighted by molar-refractivity contribution is 9.10. The van der Waals surface area contributed by atoms with Gasteiger partial charge in [0.2, 0.25) is 5.91 Å². The Morgan fingerprint density at radius 1 is 0.944 bits per heavy atom. The molecule has 0 bridgehead atoms. The van der Waals surface area contributed by atoms with Crippen LogP contribution in [0, 0.1) is 12.8 Å². The van der Waals surface area contributed by atoms with Gasteiger partial charge < -0.3 is 10.6 Å². The first-order valence-corrected chi connectivity index (χ1v) is 13.1. The largest absolute Gasteiger partial charge is 0.325 e. The van der Waals surface area contributed by atoms with E-state index in [1.807, 2.05) is 61.5 Å². The van der Waals surface area contributed by atoms with Crippen molar-refractivity contribution in [1.82, 2.24) is 4.90 Å². The summed E-state index contributed by atoms with van der Waals surface area (Å²) < 4.78 is 0.877. The number of ketones is 1. The van der Waals surface area contributed by atoms with Crippen molar-refractivity contribution in [3.05, 3.63) is 93.5 Å². The van der Waals surface area contributed by atoms with Crippen molar-refractivity contribution >= 4 is 44.9 Å². The third-order valence-corrected chi connectivity index (χ3v) is 9.28. The number of Topliss-reactive ketones (excluding diaryl/α,β-unsaturated/α-hetero) is 1. The highest BCUT2D eigenvalue weighted by Crippen LogP contribution is 2.68. The maximum absolute atomic E-state index is 14.5. The van der Waals surface area contributed by atoms with E-state index in [-0.39, 0.29) is 23.6 Å². The fourth-order valence-electron chi connectivity index (χ4n) is 7.55. The number of nitrogens with one attached hydrogen (secondary N) is 2. The molecule has 2 amide bonds. The summed E-state index contributed by atoms with van der Waals surface area (Å²) in [6.45, 7) is 2.61. The van der Waals surface area contributed by atoms with Crippen LogP contribution in [0.15, 0.2) is 71.2 Å². The van der Waals surface area contributed by atoms with Crippen LogP contribution in [0.5, 0.6) is 0 Å². The lowest BCUT2D eigenvalue weighted by atomic mass is 9.57. The summed E-state index contributed by atoms with van der Waals surface area (Å²) >= 11 is 3.46. The summed E-state index contributed by atoms with van der Waals surface area (Å²) in [7, 11) is 0. The quantitative estimate of drug-likeness (QED) is 0.458. The summed E-state index contributed by atoms with van der Waals surface area (Å²) in [5.41, 5.74) is 1.71. The van der Waals surface area contributed by atoms with E-state index < -0.39 is 16.9 Å². The van der Waals surface area contributed by atoms with Crippen LogP contribution in [0.25, 0.3) is 0 Å². The number of halogens is 1. The number of benzene rings is 3. The van der Waals surface area contributed by atoms with Crippen LogP contribution in [0.1, 0.15) is 39.9 Å². The number of aryl methyl sites for hydroxylation is 1. The van der Waals surface area contributed by atoms with Crippen molar-refractivity contribution < 1.29 is 14.4 Å². The highest BCUT2D eigenvalue weighted by Gasteiger charge is 2.81. The fraction of sp³-hybridized carbons (Fsp3) is 0.276. The van der Waals surface area contributed by atoms with Gasteiger partial charge in [-0.25, -0.2) is 0 Å². The van der Waals surface area contributed by atoms with E-state index in [1.165, 1.54) is 0 Å². The maximum atomic E-state index is 14.5. The van der Waals surface area contributed by atoms with E-state index in [2.05, 4.69) is 31.5 Å². The molecular weight excluding hydrogens is 518 g/mol. The smallest absolute Gasteiger partial charge is 0.251 e. The molecule has 4 aliphatic rings. The van der Waals surface area contributed by atoms with Gasteiger partial charge in [0.25, 0.3) is 5.91 Å². The van der Waals surface area contributed by atoms with Gasteiger partial charge in [0, 0.05) is 33.0 Å². The number of hydrogen-bond donors (Lipinski definition) is 2. The van der Waals surface area contributed by atoms with Crippen LogP contribution in [-0.2, 0) is 20.5 Å². The van der Waals surface area contributed by atoms with Gasteiger partial charge in [-0.2, -0.15) is 0 Å². The molecule has 180 valence electrons. The molecule has 7 rings (SSSR count). The fourth-order valence-corrected chi connectivity index (χ4v) is 7.81. The Labute approximate surface area is 217 Å². The average molecular weight is 542 g/mol. The van der Waals surface area contributed by atoms with Crippen LogP contribution in [0.3, 0.4) is 0 Å². The lowest BCUT2D eigenvalue weighted by Crippen LogP contribution is -2.62. The van der Waals surface area contributed by atoms with E-state index in [1.54, 1.807) is 12.1 Å². The van der Waals surface area contributed by atoms with Gasteiger partial charge in [-0.05, 0) is 55.6 Å². The van der Waals surface area contributed by atoms with Gasteiger partial charge in [0.05, 0.1) is 5.92 Å². The van der Waals surface area contributed by atoms with E-state index in [0.717, 1.165) is 39.7 Å². The number of para-hydroxylation sites is 2. The molecule has 0 aromatic heterocycles. The number of carbonyl (C=O) groups is 3. The Bertz CT molecular complexity index is 1490. The molecule has 4 atom stereocenters. The first kappa shape index (κ1) is 21.9. The second-order valence-corrected chi connectivity index (χ2v) is 11.1. The minimum absolute atomic E-state index is 0.1000. The van der Waals surface area contributed by atoms with Crippen molar-refractivity contribution in [1.29, 1.82) is 0 Å². The Hall–Kier alpha value is -3.29. The second kappa shape index (κ2) is 7.37. The first-order chi connectivity index (χ1) is 17.4. The van der Waals surface area contributed by atoms with Crippen LogP contribution in [0.2, 0.25) is 0 Å². The molecule has 6 nitrogen and oxygen atoms in total. The number of carbonyl (C=O) groups excluding carboxylic acids is 3. The van der Waals surface area contributed by atoms with Gasteiger partial charge in [-0.15, -0.1) is 0 Å². The van der Waals surface area contributed by atoms with Crippen molar-refractivity contribution in [2.75, 3.05) is 17.2 Å². The van der Waals surface area contributed by atoms with Crippen LogP contribution in [0.4, 0.5) is 11.4 Å². The maximum Gasteiger partial charge on any atom is 0.251 e. The van der Waals surface area contributed by atoms with Gasteiger partial charge in [0.1, 0.15) is 11.0 Å². The summed E-state index contributed by atoms with van der Waals surface area (Å²) in [5, 5.41) is 6.22. The molecule has 3 aromatic carbocycles. The number of fused-ring (bicyclic) bond motifs is 7. The monoisotopic (exact) mass is 541 g/mol. The molecule has 3 aromatic rings. The summed E-state index contributed by atoms with van der Waals surface area (Å²) in [5.74, 6) is -1.33. The number of anilines is 2. The van der Waals surface area contributed by atoms with Crippen molar-refractivity contribution in [2.45, 2.75) is 36.8 Å². The lowest BCUT2D eigenvalue weighted by Gasteiger charge is -2.43. The molecule has 0 radical (unpaired) electrons. The minimum atomic E-state index is -1.40.